The van der Waals surface area contributed by atoms with E-state index in [0.717, 1.165) is 0 Å². The number of hydrogen-bond acceptors (Lipinski definition) is 6. The van der Waals surface area contributed by atoms with E-state index in [1.54, 1.807) is 23.3 Å². The lowest BCUT2D eigenvalue weighted by Crippen LogP contribution is -2.37. The van der Waals surface area contributed by atoms with Crippen LogP contribution in [0.2, 0.25) is 0 Å². The highest BCUT2D eigenvalue weighted by Gasteiger charge is 2.37. The van der Waals surface area contributed by atoms with Gasteiger partial charge in [0.25, 0.3) is 0 Å². The molecule has 0 saturated carbocycles. The number of aryl methyl sites for hydroxylation is 1. The number of amides is 1. The molecule has 1 saturated heterocycles. The smallest absolute Gasteiger partial charge is 0.224 e. The summed E-state index contributed by atoms with van der Waals surface area (Å²) in [5, 5.41) is 15.6. The molecule has 2 aromatic heterocycles. The van der Waals surface area contributed by atoms with Crippen LogP contribution in [-0.4, -0.2) is 78.9 Å². The Morgan fingerprint density at radius 2 is 1.95 bits per heavy atom. The average molecular weight is 304 g/mol. The van der Waals surface area contributed by atoms with Gasteiger partial charge in [-0.15, -0.1) is 10.2 Å². The van der Waals surface area contributed by atoms with Gasteiger partial charge in [-0.2, -0.15) is 0 Å². The third kappa shape index (κ3) is 2.98. The Balaban J connectivity index is 1.64. The van der Waals surface area contributed by atoms with Crippen LogP contribution < -0.4 is 0 Å². The van der Waals surface area contributed by atoms with Crippen LogP contribution in [0.15, 0.2) is 24.8 Å². The summed E-state index contributed by atoms with van der Waals surface area (Å²) in [6.45, 7) is 1.91. The minimum absolute atomic E-state index is 0.130. The second kappa shape index (κ2) is 6.22. The Morgan fingerprint density at radius 1 is 1.18 bits per heavy atom. The Morgan fingerprint density at radius 3 is 2.59 bits per heavy atom. The molecule has 0 radical (unpaired) electrons. The van der Waals surface area contributed by atoms with E-state index >= 15 is 0 Å². The fourth-order valence-electron chi connectivity index (χ4n) is 2.86. The summed E-state index contributed by atoms with van der Waals surface area (Å²) in [6, 6.07) is 0.366. The molecule has 3 rings (SSSR count). The fourth-order valence-corrected chi connectivity index (χ4v) is 2.86. The second-order valence-electron chi connectivity index (χ2n) is 5.70. The van der Waals surface area contributed by atoms with Crippen molar-refractivity contribution < 1.29 is 4.79 Å². The number of carbonyl (C=O) groups is 1. The molecule has 2 aromatic rings. The van der Waals surface area contributed by atoms with Crippen molar-refractivity contribution in [2.45, 2.75) is 25.0 Å². The summed E-state index contributed by atoms with van der Waals surface area (Å²) in [5.41, 5.74) is 0. The zero-order valence-corrected chi connectivity index (χ0v) is 12.8. The van der Waals surface area contributed by atoms with Crippen LogP contribution in [0.1, 0.15) is 12.5 Å². The third-order valence-electron chi connectivity index (χ3n) is 4.08. The number of rotatable bonds is 5. The molecule has 0 aromatic carbocycles. The standard InChI is InChI=1S/C13H20N8O/c1-18(2)11-9-19(10-12(11)21-8-5-15-17-21)13(22)3-6-20-7-4-14-16-20/h4-5,7-8,11-12H,3,6,9-10H2,1-2H3/t11-,12+/m1/s1. The lowest BCUT2D eigenvalue weighted by atomic mass is 10.1. The number of likely N-dealkylation sites (N-methyl/N-ethyl adjacent to an activating group) is 1. The molecule has 1 amide bonds. The van der Waals surface area contributed by atoms with Crippen LogP contribution in [0.25, 0.3) is 0 Å². The highest BCUT2D eigenvalue weighted by molar-refractivity contribution is 5.76. The van der Waals surface area contributed by atoms with Gasteiger partial charge in [-0.25, -0.2) is 4.68 Å². The molecule has 0 spiro atoms. The molecule has 0 N–H and O–H groups in total. The lowest BCUT2D eigenvalue weighted by Gasteiger charge is -2.24. The van der Waals surface area contributed by atoms with E-state index in [1.165, 1.54) is 0 Å². The van der Waals surface area contributed by atoms with Gasteiger partial charge in [-0.05, 0) is 14.1 Å². The van der Waals surface area contributed by atoms with E-state index in [9.17, 15) is 4.79 Å². The van der Waals surface area contributed by atoms with Gasteiger partial charge in [-0.3, -0.25) is 9.48 Å². The quantitative estimate of drug-likeness (QED) is 0.724. The first-order chi connectivity index (χ1) is 10.6. The number of aromatic nitrogens is 6. The van der Waals surface area contributed by atoms with E-state index in [0.29, 0.717) is 26.1 Å². The Labute approximate surface area is 128 Å². The van der Waals surface area contributed by atoms with Crippen molar-refractivity contribution in [1.82, 2.24) is 39.8 Å². The molecule has 9 nitrogen and oxygen atoms in total. The van der Waals surface area contributed by atoms with Crippen molar-refractivity contribution in [2.24, 2.45) is 0 Å². The van der Waals surface area contributed by atoms with Gasteiger partial charge in [0.1, 0.15) is 0 Å². The molecule has 22 heavy (non-hydrogen) atoms. The summed E-state index contributed by atoms with van der Waals surface area (Å²) in [6.07, 6.45) is 7.32. The van der Waals surface area contributed by atoms with Gasteiger partial charge >= 0.3 is 0 Å². The van der Waals surface area contributed by atoms with Crippen molar-refractivity contribution in [2.75, 3.05) is 27.2 Å². The number of nitrogens with zero attached hydrogens (tertiary/aromatic N) is 8. The molecule has 9 heteroatoms. The summed E-state index contributed by atoms with van der Waals surface area (Å²) in [4.78, 5) is 16.5. The molecule has 1 aliphatic heterocycles. The average Bonchev–Trinajstić information content (AvgIpc) is 3.23. The zero-order valence-electron chi connectivity index (χ0n) is 12.8. The van der Waals surface area contributed by atoms with Gasteiger partial charge < -0.3 is 9.80 Å². The van der Waals surface area contributed by atoms with Gasteiger partial charge in [0.05, 0.1) is 31.0 Å². The predicted octanol–water partition coefficient (Wildman–Crippen LogP) is -0.727. The molecular weight excluding hydrogens is 284 g/mol. The third-order valence-corrected chi connectivity index (χ3v) is 4.08. The summed E-state index contributed by atoms with van der Waals surface area (Å²) >= 11 is 0. The monoisotopic (exact) mass is 304 g/mol. The van der Waals surface area contributed by atoms with Crippen molar-refractivity contribution in [1.29, 1.82) is 0 Å². The molecule has 2 atom stereocenters. The van der Waals surface area contributed by atoms with Crippen LogP contribution in [0.3, 0.4) is 0 Å². The lowest BCUT2D eigenvalue weighted by molar-refractivity contribution is -0.130. The normalized spacial score (nSPS) is 21.7. The largest absolute Gasteiger partial charge is 0.339 e. The van der Waals surface area contributed by atoms with Crippen molar-refractivity contribution in [3.8, 4) is 0 Å². The van der Waals surface area contributed by atoms with Crippen LogP contribution in [0.4, 0.5) is 0 Å². The summed E-state index contributed by atoms with van der Waals surface area (Å²) in [7, 11) is 4.05. The number of likely N-dealkylation sites (tertiary alicyclic amines) is 1. The molecule has 118 valence electrons. The first kappa shape index (κ1) is 14.6. The van der Waals surface area contributed by atoms with Gasteiger partial charge in [-0.1, -0.05) is 10.4 Å². The molecule has 0 aliphatic carbocycles. The van der Waals surface area contributed by atoms with Crippen LogP contribution in [0, 0.1) is 0 Å². The van der Waals surface area contributed by atoms with Crippen molar-refractivity contribution >= 4 is 5.91 Å². The maximum Gasteiger partial charge on any atom is 0.224 e. The van der Waals surface area contributed by atoms with E-state index in [2.05, 4.69) is 25.5 Å². The second-order valence-corrected chi connectivity index (χ2v) is 5.70. The van der Waals surface area contributed by atoms with Gasteiger partial charge in [0.2, 0.25) is 5.91 Å². The first-order valence-corrected chi connectivity index (χ1v) is 7.29. The highest BCUT2D eigenvalue weighted by Crippen LogP contribution is 2.25. The first-order valence-electron chi connectivity index (χ1n) is 7.29. The van der Waals surface area contributed by atoms with Crippen LogP contribution >= 0.6 is 0 Å². The summed E-state index contributed by atoms with van der Waals surface area (Å²) in [5.74, 6) is 0.130. The Hall–Kier alpha value is -2.29. The van der Waals surface area contributed by atoms with E-state index in [1.807, 2.05) is 29.9 Å². The Kier molecular flexibility index (Phi) is 4.14. The maximum absolute atomic E-state index is 12.4. The SMILES string of the molecule is CN(C)[C@@H]1CN(C(=O)CCn2ccnn2)C[C@@H]1n1ccnn1. The van der Waals surface area contributed by atoms with Crippen molar-refractivity contribution in [3.05, 3.63) is 24.8 Å². The van der Waals surface area contributed by atoms with E-state index in [-0.39, 0.29) is 18.0 Å². The highest BCUT2D eigenvalue weighted by atomic mass is 16.2. The fraction of sp³-hybridized carbons (Fsp3) is 0.615. The van der Waals surface area contributed by atoms with Gasteiger partial charge in [0.15, 0.2) is 0 Å². The minimum atomic E-state index is 0.130. The molecular formula is C13H20N8O. The minimum Gasteiger partial charge on any atom is -0.339 e. The maximum atomic E-state index is 12.4. The molecule has 0 unspecified atom stereocenters. The molecule has 3 heterocycles. The number of carbonyl (C=O) groups excluding carboxylic acids is 1. The summed E-state index contributed by atoms with van der Waals surface area (Å²) < 4.78 is 3.52. The molecule has 1 aliphatic rings. The van der Waals surface area contributed by atoms with E-state index in [4.69, 9.17) is 0 Å². The van der Waals surface area contributed by atoms with Crippen LogP contribution in [-0.2, 0) is 11.3 Å². The molecule has 1 fully saturated rings. The van der Waals surface area contributed by atoms with E-state index < -0.39 is 0 Å². The van der Waals surface area contributed by atoms with Crippen LogP contribution in [0.5, 0.6) is 0 Å². The molecule has 0 bridgehead atoms. The zero-order chi connectivity index (χ0) is 15.5. The Bertz CT molecular complexity index is 594. The topological polar surface area (TPSA) is 85.0 Å². The number of hydrogen-bond donors (Lipinski definition) is 0. The van der Waals surface area contributed by atoms with Crippen molar-refractivity contribution in [3.63, 3.8) is 0 Å². The van der Waals surface area contributed by atoms with Gasteiger partial charge in [0, 0.05) is 31.9 Å². The predicted molar refractivity (Wildman–Crippen MR) is 77.8 cm³/mol.